The van der Waals surface area contributed by atoms with Crippen LogP contribution in [0.15, 0.2) is 53.2 Å². The standard InChI is InChI=1S/C18H15N5OS/c24-14-9-11-3-1-2-4-13(11)17(14)19-15-5-6-16-20-21-18(23(16)22-15)12-7-8-25-10-12/h1-8,10,14,17,24H,9H2,(H,19,22)/t14-,17+/m0/s1. The second kappa shape index (κ2) is 5.65. The molecule has 7 heteroatoms. The van der Waals surface area contributed by atoms with Crippen LogP contribution in [0.3, 0.4) is 0 Å². The number of thiophene rings is 1. The molecular formula is C18H15N5OS. The van der Waals surface area contributed by atoms with E-state index in [1.807, 2.05) is 41.1 Å². The Morgan fingerprint density at radius 1 is 1.12 bits per heavy atom. The average molecular weight is 349 g/mol. The summed E-state index contributed by atoms with van der Waals surface area (Å²) in [5.41, 5.74) is 3.99. The normalized spacial score (nSPS) is 19.2. The lowest BCUT2D eigenvalue weighted by molar-refractivity contribution is 0.165. The van der Waals surface area contributed by atoms with Crippen molar-refractivity contribution >= 4 is 22.8 Å². The second-order valence-corrected chi connectivity index (χ2v) is 6.90. The molecule has 1 aliphatic rings. The van der Waals surface area contributed by atoms with Crippen molar-refractivity contribution in [3.8, 4) is 11.4 Å². The van der Waals surface area contributed by atoms with Crippen LogP contribution in [-0.4, -0.2) is 31.0 Å². The summed E-state index contributed by atoms with van der Waals surface area (Å²) in [7, 11) is 0. The first-order valence-electron chi connectivity index (χ1n) is 8.07. The van der Waals surface area contributed by atoms with Gasteiger partial charge in [-0.2, -0.15) is 15.9 Å². The third-order valence-electron chi connectivity index (χ3n) is 4.55. The first-order valence-corrected chi connectivity index (χ1v) is 9.01. The Kier molecular flexibility index (Phi) is 3.29. The van der Waals surface area contributed by atoms with Crippen molar-refractivity contribution in [2.75, 3.05) is 5.32 Å². The first kappa shape index (κ1) is 14.6. The molecule has 6 nitrogen and oxygen atoms in total. The van der Waals surface area contributed by atoms with Gasteiger partial charge in [0, 0.05) is 17.4 Å². The highest BCUT2D eigenvalue weighted by Gasteiger charge is 2.31. The predicted octanol–water partition coefficient (Wildman–Crippen LogP) is 2.92. The quantitative estimate of drug-likeness (QED) is 0.595. The van der Waals surface area contributed by atoms with Crippen molar-refractivity contribution in [3.63, 3.8) is 0 Å². The minimum Gasteiger partial charge on any atom is -0.390 e. The van der Waals surface area contributed by atoms with Gasteiger partial charge < -0.3 is 10.4 Å². The molecule has 124 valence electrons. The molecule has 0 saturated carbocycles. The van der Waals surface area contributed by atoms with E-state index in [9.17, 15) is 5.11 Å². The minimum atomic E-state index is -0.466. The zero-order chi connectivity index (χ0) is 16.8. The molecule has 0 fully saturated rings. The summed E-state index contributed by atoms with van der Waals surface area (Å²) in [6.07, 6.45) is 0.190. The van der Waals surface area contributed by atoms with Crippen LogP contribution in [0.2, 0.25) is 0 Å². The fourth-order valence-corrected chi connectivity index (χ4v) is 3.98. The minimum absolute atomic E-state index is 0.165. The molecule has 0 saturated heterocycles. The van der Waals surface area contributed by atoms with E-state index < -0.39 is 6.10 Å². The van der Waals surface area contributed by atoms with Gasteiger partial charge in [-0.25, -0.2) is 0 Å². The van der Waals surface area contributed by atoms with Crippen LogP contribution in [0.1, 0.15) is 17.2 Å². The summed E-state index contributed by atoms with van der Waals surface area (Å²) < 4.78 is 1.73. The van der Waals surface area contributed by atoms with E-state index in [4.69, 9.17) is 0 Å². The SMILES string of the molecule is O[C@H]1Cc2ccccc2[C@H]1Nc1ccc2nnc(-c3ccsc3)n2n1. The molecule has 3 heterocycles. The maximum atomic E-state index is 10.4. The number of rotatable bonds is 3. The van der Waals surface area contributed by atoms with Crippen LogP contribution in [0.5, 0.6) is 0 Å². The molecule has 0 bridgehead atoms. The maximum Gasteiger partial charge on any atom is 0.186 e. The van der Waals surface area contributed by atoms with E-state index in [0.717, 1.165) is 11.1 Å². The summed E-state index contributed by atoms with van der Waals surface area (Å²) in [5, 5.41) is 30.9. The summed E-state index contributed by atoms with van der Waals surface area (Å²) in [4.78, 5) is 0. The Morgan fingerprint density at radius 2 is 2.04 bits per heavy atom. The smallest absolute Gasteiger partial charge is 0.186 e. The molecule has 0 radical (unpaired) electrons. The van der Waals surface area contributed by atoms with Crippen molar-refractivity contribution < 1.29 is 5.11 Å². The molecule has 2 atom stereocenters. The van der Waals surface area contributed by atoms with E-state index in [1.54, 1.807) is 15.9 Å². The van der Waals surface area contributed by atoms with Crippen LogP contribution in [0.4, 0.5) is 5.82 Å². The molecule has 4 aromatic rings. The average Bonchev–Trinajstić information content (AvgIpc) is 3.34. The number of aromatic nitrogens is 4. The summed E-state index contributed by atoms with van der Waals surface area (Å²) in [6.45, 7) is 0. The number of nitrogens with one attached hydrogen (secondary N) is 1. The molecule has 1 aliphatic carbocycles. The Bertz CT molecular complexity index is 1040. The van der Waals surface area contributed by atoms with Gasteiger partial charge in [0.15, 0.2) is 11.5 Å². The lowest BCUT2D eigenvalue weighted by Crippen LogP contribution is -2.22. The van der Waals surface area contributed by atoms with E-state index >= 15 is 0 Å². The Morgan fingerprint density at radius 3 is 2.92 bits per heavy atom. The lowest BCUT2D eigenvalue weighted by Gasteiger charge is -2.18. The van der Waals surface area contributed by atoms with Gasteiger partial charge in [0.1, 0.15) is 5.82 Å². The van der Waals surface area contributed by atoms with Gasteiger partial charge in [0.2, 0.25) is 0 Å². The van der Waals surface area contributed by atoms with Crippen LogP contribution in [-0.2, 0) is 6.42 Å². The monoisotopic (exact) mass is 349 g/mol. The van der Waals surface area contributed by atoms with Crippen LogP contribution >= 0.6 is 11.3 Å². The third kappa shape index (κ3) is 2.40. The predicted molar refractivity (Wildman–Crippen MR) is 96.6 cm³/mol. The number of hydrogen-bond donors (Lipinski definition) is 2. The van der Waals surface area contributed by atoms with Gasteiger partial charge in [-0.1, -0.05) is 24.3 Å². The first-order chi connectivity index (χ1) is 12.3. The zero-order valence-corrected chi connectivity index (χ0v) is 14.0. The number of benzene rings is 1. The fraction of sp³-hybridized carbons (Fsp3) is 0.167. The number of aliphatic hydroxyl groups is 1. The Balaban J connectivity index is 1.53. The Labute approximate surface area is 147 Å². The van der Waals surface area contributed by atoms with Gasteiger partial charge in [-0.05, 0) is 34.7 Å². The second-order valence-electron chi connectivity index (χ2n) is 6.12. The van der Waals surface area contributed by atoms with Crippen molar-refractivity contribution in [2.45, 2.75) is 18.6 Å². The van der Waals surface area contributed by atoms with Gasteiger partial charge in [-0.3, -0.25) is 0 Å². The van der Waals surface area contributed by atoms with Crippen molar-refractivity contribution in [1.29, 1.82) is 0 Å². The zero-order valence-electron chi connectivity index (χ0n) is 13.2. The van der Waals surface area contributed by atoms with E-state index in [-0.39, 0.29) is 6.04 Å². The number of aliphatic hydroxyl groups excluding tert-OH is 1. The molecule has 25 heavy (non-hydrogen) atoms. The van der Waals surface area contributed by atoms with E-state index in [2.05, 4.69) is 32.7 Å². The van der Waals surface area contributed by atoms with Gasteiger partial charge >= 0.3 is 0 Å². The third-order valence-corrected chi connectivity index (χ3v) is 5.23. The lowest BCUT2D eigenvalue weighted by atomic mass is 10.1. The molecule has 1 aromatic carbocycles. The number of hydrogen-bond acceptors (Lipinski definition) is 6. The number of fused-ring (bicyclic) bond motifs is 2. The highest BCUT2D eigenvalue weighted by molar-refractivity contribution is 7.08. The van der Waals surface area contributed by atoms with Crippen LogP contribution in [0, 0.1) is 0 Å². The molecule has 0 aliphatic heterocycles. The molecule has 3 aromatic heterocycles. The topological polar surface area (TPSA) is 75.3 Å². The summed E-state index contributed by atoms with van der Waals surface area (Å²) in [5.74, 6) is 1.40. The molecule has 2 N–H and O–H groups in total. The number of nitrogens with zero attached hydrogens (tertiary/aromatic N) is 4. The molecule has 0 amide bonds. The Hall–Kier alpha value is -2.77. The summed E-state index contributed by atoms with van der Waals surface area (Å²) in [6, 6.07) is 13.7. The van der Waals surface area contributed by atoms with Crippen molar-refractivity contribution in [2.24, 2.45) is 0 Å². The van der Waals surface area contributed by atoms with E-state index in [0.29, 0.717) is 23.7 Å². The van der Waals surface area contributed by atoms with Crippen LogP contribution in [0.25, 0.3) is 17.0 Å². The summed E-state index contributed by atoms with van der Waals surface area (Å²) >= 11 is 1.61. The fourth-order valence-electron chi connectivity index (χ4n) is 3.34. The van der Waals surface area contributed by atoms with E-state index in [1.165, 1.54) is 5.56 Å². The maximum absolute atomic E-state index is 10.4. The molecule has 0 spiro atoms. The van der Waals surface area contributed by atoms with Gasteiger partial charge in [0.05, 0.1) is 12.1 Å². The number of anilines is 1. The van der Waals surface area contributed by atoms with Crippen molar-refractivity contribution in [1.82, 2.24) is 19.8 Å². The highest BCUT2D eigenvalue weighted by atomic mass is 32.1. The highest BCUT2D eigenvalue weighted by Crippen LogP contribution is 2.33. The van der Waals surface area contributed by atoms with Crippen molar-refractivity contribution in [3.05, 3.63) is 64.4 Å². The van der Waals surface area contributed by atoms with Gasteiger partial charge in [-0.15, -0.1) is 15.3 Å². The molecular weight excluding hydrogens is 334 g/mol. The van der Waals surface area contributed by atoms with Gasteiger partial charge in [0.25, 0.3) is 0 Å². The molecule has 5 rings (SSSR count). The van der Waals surface area contributed by atoms with Crippen LogP contribution < -0.4 is 5.32 Å². The largest absolute Gasteiger partial charge is 0.390 e. The molecule has 0 unspecified atom stereocenters.